The number of amides is 1. The van der Waals surface area contributed by atoms with Crippen molar-refractivity contribution in [3.05, 3.63) is 60.7 Å². The van der Waals surface area contributed by atoms with E-state index in [-0.39, 0.29) is 18.0 Å². The molecule has 1 aromatic heterocycles. The summed E-state index contributed by atoms with van der Waals surface area (Å²) < 4.78 is 2.33. The Labute approximate surface area is 190 Å². The van der Waals surface area contributed by atoms with Gasteiger partial charge >= 0.3 is 0 Å². The van der Waals surface area contributed by atoms with Crippen molar-refractivity contribution in [2.24, 2.45) is 0 Å². The summed E-state index contributed by atoms with van der Waals surface area (Å²) in [6.45, 7) is 8.53. The van der Waals surface area contributed by atoms with E-state index in [4.69, 9.17) is 4.98 Å². The molecule has 0 saturated heterocycles. The summed E-state index contributed by atoms with van der Waals surface area (Å²) in [6.07, 6.45) is 2.34. The molecule has 5 heteroatoms. The Balaban J connectivity index is 1.85. The van der Waals surface area contributed by atoms with Gasteiger partial charge in [0.15, 0.2) is 5.16 Å². The topological polar surface area (TPSA) is 46.9 Å². The van der Waals surface area contributed by atoms with Crippen LogP contribution in [0.5, 0.6) is 0 Å². The number of carbonyl (C=O) groups excluding carboxylic acids is 1. The molecule has 1 unspecified atom stereocenters. The Morgan fingerprint density at radius 1 is 1.00 bits per heavy atom. The molecule has 31 heavy (non-hydrogen) atoms. The summed E-state index contributed by atoms with van der Waals surface area (Å²) in [5.74, 6) is 0.997. The highest BCUT2D eigenvalue weighted by Gasteiger charge is 2.22. The first-order valence-corrected chi connectivity index (χ1v) is 12.1. The molecule has 1 N–H and O–H groups in total. The molecule has 164 valence electrons. The molecule has 0 saturated carbocycles. The van der Waals surface area contributed by atoms with Gasteiger partial charge in [-0.15, -0.1) is 0 Å². The van der Waals surface area contributed by atoms with Crippen LogP contribution in [-0.4, -0.2) is 27.3 Å². The highest BCUT2D eigenvalue weighted by Crippen LogP contribution is 2.38. The number of carbonyl (C=O) groups is 1. The van der Waals surface area contributed by atoms with Crippen LogP contribution < -0.4 is 5.32 Å². The van der Waals surface area contributed by atoms with E-state index in [0.29, 0.717) is 6.42 Å². The molecule has 0 spiro atoms. The van der Waals surface area contributed by atoms with Crippen LogP contribution in [-0.2, 0) is 4.79 Å². The molecular weight excluding hydrogens is 402 g/mol. The number of hydrogen-bond acceptors (Lipinski definition) is 3. The van der Waals surface area contributed by atoms with Crippen LogP contribution in [0, 0.1) is 0 Å². The van der Waals surface area contributed by atoms with Crippen molar-refractivity contribution in [1.29, 1.82) is 0 Å². The number of thioether (sulfide) groups is 1. The Morgan fingerprint density at radius 3 is 2.19 bits per heavy atom. The fourth-order valence-corrected chi connectivity index (χ4v) is 4.58. The lowest BCUT2D eigenvalue weighted by molar-refractivity contribution is -0.121. The van der Waals surface area contributed by atoms with Gasteiger partial charge in [-0.1, -0.05) is 79.3 Å². The van der Waals surface area contributed by atoms with Crippen LogP contribution in [0.1, 0.15) is 53.0 Å². The van der Waals surface area contributed by atoms with E-state index >= 15 is 0 Å². The van der Waals surface area contributed by atoms with Gasteiger partial charge in [0.25, 0.3) is 0 Å². The number of nitrogens with one attached hydrogen (secondary N) is 1. The molecule has 0 fully saturated rings. The molecule has 0 aliphatic carbocycles. The molecule has 0 radical (unpaired) electrons. The minimum atomic E-state index is 0.136. The lowest BCUT2D eigenvalue weighted by Gasteiger charge is -2.16. The number of rotatable bonds is 10. The third-order valence-electron chi connectivity index (χ3n) is 5.29. The smallest absolute Gasteiger partial charge is 0.220 e. The first kappa shape index (κ1) is 23.1. The first-order chi connectivity index (χ1) is 15.0. The van der Waals surface area contributed by atoms with Gasteiger partial charge in [0.2, 0.25) is 5.91 Å². The van der Waals surface area contributed by atoms with Gasteiger partial charge in [0, 0.05) is 35.4 Å². The third-order valence-corrected chi connectivity index (χ3v) is 6.33. The largest absolute Gasteiger partial charge is 0.354 e. The van der Waals surface area contributed by atoms with E-state index < -0.39 is 0 Å². The van der Waals surface area contributed by atoms with Gasteiger partial charge in [0.05, 0.1) is 11.4 Å². The van der Waals surface area contributed by atoms with Crippen LogP contribution in [0.2, 0.25) is 0 Å². The molecule has 0 aliphatic rings. The second-order valence-electron chi connectivity index (χ2n) is 8.12. The van der Waals surface area contributed by atoms with E-state index in [1.807, 2.05) is 19.1 Å². The molecule has 3 aromatic rings. The van der Waals surface area contributed by atoms with Crippen molar-refractivity contribution >= 4 is 17.7 Å². The Bertz CT molecular complexity index is 967. The van der Waals surface area contributed by atoms with E-state index in [0.717, 1.165) is 40.7 Å². The molecule has 3 rings (SSSR count). The molecule has 0 aliphatic heterocycles. The van der Waals surface area contributed by atoms with E-state index in [9.17, 15) is 4.79 Å². The lowest BCUT2D eigenvalue weighted by atomic mass is 10.0. The maximum absolute atomic E-state index is 12.1. The van der Waals surface area contributed by atoms with Crippen molar-refractivity contribution in [2.75, 3.05) is 5.75 Å². The standard InChI is InChI=1S/C26H33N3OS/c1-5-20(4)27-23(30)17-12-18-31-26-28-24(21-13-8-6-9-14-21)25(29(26)19(2)3)22-15-10-7-11-16-22/h6-11,13-16,19-20H,5,12,17-18H2,1-4H3,(H,27,30). The van der Waals surface area contributed by atoms with E-state index in [1.165, 1.54) is 5.56 Å². The zero-order valence-corrected chi connectivity index (χ0v) is 19.8. The molecule has 1 amide bonds. The fraction of sp³-hybridized carbons (Fsp3) is 0.385. The normalized spacial score (nSPS) is 12.2. The van der Waals surface area contributed by atoms with Crippen molar-refractivity contribution in [2.45, 2.75) is 64.2 Å². The monoisotopic (exact) mass is 435 g/mol. The maximum Gasteiger partial charge on any atom is 0.220 e. The fourth-order valence-electron chi connectivity index (χ4n) is 3.51. The van der Waals surface area contributed by atoms with Gasteiger partial charge < -0.3 is 9.88 Å². The van der Waals surface area contributed by atoms with Gasteiger partial charge in [-0.05, 0) is 33.6 Å². The molecular formula is C26H33N3OS. The summed E-state index contributed by atoms with van der Waals surface area (Å²) in [4.78, 5) is 17.2. The Morgan fingerprint density at radius 2 is 1.61 bits per heavy atom. The van der Waals surface area contributed by atoms with Crippen molar-refractivity contribution in [3.63, 3.8) is 0 Å². The molecule has 1 atom stereocenters. The van der Waals surface area contributed by atoms with Crippen LogP contribution >= 0.6 is 11.8 Å². The lowest BCUT2D eigenvalue weighted by Crippen LogP contribution is -2.31. The van der Waals surface area contributed by atoms with Crippen LogP contribution in [0.4, 0.5) is 0 Å². The maximum atomic E-state index is 12.1. The van der Waals surface area contributed by atoms with Crippen LogP contribution in [0.15, 0.2) is 65.8 Å². The van der Waals surface area contributed by atoms with Crippen molar-refractivity contribution in [3.8, 4) is 22.5 Å². The molecule has 0 bridgehead atoms. The number of imidazole rings is 1. The molecule has 4 nitrogen and oxygen atoms in total. The summed E-state index contributed by atoms with van der Waals surface area (Å²) in [5.41, 5.74) is 4.45. The first-order valence-electron chi connectivity index (χ1n) is 11.2. The van der Waals surface area contributed by atoms with Gasteiger partial charge in [-0.2, -0.15) is 0 Å². The molecule has 2 aromatic carbocycles. The summed E-state index contributed by atoms with van der Waals surface area (Å²) in [6, 6.07) is 21.4. The minimum absolute atomic E-state index is 0.136. The molecule has 1 heterocycles. The average molecular weight is 436 g/mol. The van der Waals surface area contributed by atoms with E-state index in [2.05, 4.69) is 79.2 Å². The minimum Gasteiger partial charge on any atom is -0.354 e. The second kappa shape index (κ2) is 11.2. The number of nitrogens with zero attached hydrogens (tertiary/aromatic N) is 2. The SMILES string of the molecule is CCC(C)NC(=O)CCCSc1nc(-c2ccccc2)c(-c2ccccc2)n1C(C)C. The zero-order chi connectivity index (χ0) is 22.2. The summed E-state index contributed by atoms with van der Waals surface area (Å²) in [5, 5.41) is 4.05. The zero-order valence-electron chi connectivity index (χ0n) is 19.0. The van der Waals surface area contributed by atoms with Crippen LogP contribution in [0.3, 0.4) is 0 Å². The average Bonchev–Trinajstić information content (AvgIpc) is 3.17. The predicted molar refractivity (Wildman–Crippen MR) is 131 cm³/mol. The second-order valence-corrected chi connectivity index (χ2v) is 9.18. The highest BCUT2D eigenvalue weighted by atomic mass is 32.2. The summed E-state index contributed by atoms with van der Waals surface area (Å²) >= 11 is 1.74. The van der Waals surface area contributed by atoms with Crippen molar-refractivity contribution < 1.29 is 4.79 Å². The number of hydrogen-bond donors (Lipinski definition) is 1. The highest BCUT2D eigenvalue weighted by molar-refractivity contribution is 7.99. The Hall–Kier alpha value is -2.53. The van der Waals surface area contributed by atoms with Crippen molar-refractivity contribution in [1.82, 2.24) is 14.9 Å². The number of aromatic nitrogens is 2. The van der Waals surface area contributed by atoms with Gasteiger partial charge in [0.1, 0.15) is 0 Å². The van der Waals surface area contributed by atoms with Gasteiger partial charge in [-0.25, -0.2) is 4.98 Å². The Kier molecular flexibility index (Phi) is 8.35. The number of benzene rings is 2. The third kappa shape index (κ3) is 6.01. The van der Waals surface area contributed by atoms with Gasteiger partial charge in [-0.3, -0.25) is 4.79 Å². The van der Waals surface area contributed by atoms with E-state index in [1.54, 1.807) is 11.8 Å². The van der Waals surface area contributed by atoms with Crippen LogP contribution in [0.25, 0.3) is 22.5 Å². The quantitative estimate of drug-likeness (QED) is 0.289. The summed E-state index contributed by atoms with van der Waals surface area (Å²) in [7, 11) is 0. The predicted octanol–water partition coefficient (Wildman–Crippen LogP) is 6.59.